The van der Waals surface area contributed by atoms with Gasteiger partial charge in [0.15, 0.2) is 0 Å². The standard InChI is InChI=1S/C19H16ClFN4O3S/c20-14-11-13(5-6-15(14)21)29(27,28)25-9-7-24(8-10-25)19(26)18-12-22-16-3-1-2-4-17(16)23-18/h1-6,11-12H,7-10H2. The summed E-state index contributed by atoms with van der Waals surface area (Å²) < 4.78 is 40.1. The molecular formula is C19H16ClFN4O3S. The third-order valence-corrected chi connectivity index (χ3v) is 6.91. The molecule has 1 amide bonds. The molecule has 0 bridgehead atoms. The van der Waals surface area contributed by atoms with Crippen molar-refractivity contribution < 1.29 is 17.6 Å². The largest absolute Gasteiger partial charge is 0.335 e. The molecule has 0 saturated carbocycles. The maximum absolute atomic E-state index is 13.3. The molecule has 0 aliphatic carbocycles. The van der Waals surface area contributed by atoms with Gasteiger partial charge >= 0.3 is 0 Å². The first-order valence-corrected chi connectivity index (χ1v) is 10.6. The summed E-state index contributed by atoms with van der Waals surface area (Å²) in [5.74, 6) is -0.984. The molecule has 10 heteroatoms. The molecule has 0 radical (unpaired) electrons. The fourth-order valence-corrected chi connectivity index (χ4v) is 4.83. The van der Waals surface area contributed by atoms with E-state index in [1.165, 1.54) is 16.6 Å². The van der Waals surface area contributed by atoms with Crippen LogP contribution in [0.25, 0.3) is 11.0 Å². The minimum absolute atomic E-state index is 0.0796. The van der Waals surface area contributed by atoms with E-state index in [4.69, 9.17) is 11.6 Å². The Bertz CT molecular complexity index is 1200. The minimum atomic E-state index is -3.83. The number of hydrogen-bond donors (Lipinski definition) is 0. The van der Waals surface area contributed by atoms with Gasteiger partial charge in [0.25, 0.3) is 5.91 Å². The second-order valence-electron chi connectivity index (χ2n) is 6.52. The van der Waals surface area contributed by atoms with Gasteiger partial charge in [-0.3, -0.25) is 9.78 Å². The Kier molecular flexibility index (Phi) is 5.20. The third kappa shape index (κ3) is 3.81. The molecule has 3 aromatic rings. The van der Waals surface area contributed by atoms with Crippen molar-refractivity contribution in [3.05, 3.63) is 65.2 Å². The summed E-state index contributed by atoms with van der Waals surface area (Å²) in [6, 6.07) is 10.5. The Balaban J connectivity index is 1.48. The van der Waals surface area contributed by atoms with Crippen LogP contribution in [0, 0.1) is 5.82 Å². The van der Waals surface area contributed by atoms with Gasteiger partial charge in [0.1, 0.15) is 11.5 Å². The molecule has 150 valence electrons. The molecule has 1 aromatic heterocycles. The fraction of sp³-hybridized carbons (Fsp3) is 0.211. The Labute approximate surface area is 171 Å². The Morgan fingerprint density at radius 3 is 2.41 bits per heavy atom. The average molecular weight is 435 g/mol. The first-order valence-electron chi connectivity index (χ1n) is 8.82. The van der Waals surface area contributed by atoms with Crippen LogP contribution in [0.4, 0.5) is 4.39 Å². The number of halogens is 2. The number of fused-ring (bicyclic) bond motifs is 1. The van der Waals surface area contributed by atoms with Crippen LogP contribution in [0.2, 0.25) is 5.02 Å². The zero-order valence-electron chi connectivity index (χ0n) is 15.1. The number of benzene rings is 2. The van der Waals surface area contributed by atoms with Gasteiger partial charge in [-0.2, -0.15) is 4.31 Å². The number of sulfonamides is 1. The fourth-order valence-electron chi connectivity index (χ4n) is 3.14. The van der Waals surface area contributed by atoms with Crippen molar-refractivity contribution in [1.29, 1.82) is 0 Å². The Morgan fingerprint density at radius 2 is 1.72 bits per heavy atom. The number of nitrogens with zero attached hydrogens (tertiary/aromatic N) is 4. The van der Waals surface area contributed by atoms with Gasteiger partial charge in [-0.15, -0.1) is 0 Å². The maximum atomic E-state index is 13.3. The Hall–Kier alpha value is -2.62. The van der Waals surface area contributed by atoms with Crippen LogP contribution < -0.4 is 0 Å². The number of carbonyl (C=O) groups excluding carboxylic acids is 1. The molecule has 0 spiro atoms. The highest BCUT2D eigenvalue weighted by Crippen LogP contribution is 2.23. The summed E-state index contributed by atoms with van der Waals surface area (Å²) in [7, 11) is -3.83. The van der Waals surface area contributed by atoms with Crippen LogP contribution in [-0.2, 0) is 10.0 Å². The van der Waals surface area contributed by atoms with Crippen molar-refractivity contribution in [3.63, 3.8) is 0 Å². The molecule has 0 atom stereocenters. The van der Waals surface area contributed by atoms with E-state index in [1.807, 2.05) is 18.2 Å². The predicted octanol–water partition coefficient (Wildman–Crippen LogP) is 2.57. The van der Waals surface area contributed by atoms with Gasteiger partial charge in [0, 0.05) is 26.2 Å². The predicted molar refractivity (Wildman–Crippen MR) is 106 cm³/mol. The summed E-state index contributed by atoms with van der Waals surface area (Å²) in [4.78, 5) is 22.8. The zero-order chi connectivity index (χ0) is 20.6. The Morgan fingerprint density at radius 1 is 1.03 bits per heavy atom. The van der Waals surface area contributed by atoms with Gasteiger partial charge in [-0.1, -0.05) is 23.7 Å². The van der Waals surface area contributed by atoms with E-state index < -0.39 is 15.8 Å². The van der Waals surface area contributed by atoms with Crippen LogP contribution in [0.15, 0.2) is 53.6 Å². The van der Waals surface area contributed by atoms with Gasteiger partial charge < -0.3 is 4.90 Å². The number of amides is 1. The molecule has 1 aliphatic heterocycles. The maximum Gasteiger partial charge on any atom is 0.274 e. The monoisotopic (exact) mass is 434 g/mol. The zero-order valence-corrected chi connectivity index (χ0v) is 16.7. The molecule has 2 aromatic carbocycles. The molecular weight excluding hydrogens is 419 g/mol. The van der Waals surface area contributed by atoms with E-state index >= 15 is 0 Å². The van der Waals surface area contributed by atoms with Crippen LogP contribution in [0.1, 0.15) is 10.5 Å². The normalized spacial score (nSPS) is 15.6. The van der Waals surface area contributed by atoms with E-state index in [1.54, 1.807) is 11.0 Å². The first-order chi connectivity index (χ1) is 13.9. The molecule has 1 fully saturated rings. The second-order valence-corrected chi connectivity index (χ2v) is 8.86. The summed E-state index contributed by atoms with van der Waals surface area (Å²) >= 11 is 5.71. The highest BCUT2D eigenvalue weighted by Gasteiger charge is 2.31. The van der Waals surface area contributed by atoms with Crippen LogP contribution in [0.5, 0.6) is 0 Å². The first kappa shape index (κ1) is 19.7. The van der Waals surface area contributed by atoms with E-state index in [-0.39, 0.29) is 47.7 Å². The van der Waals surface area contributed by atoms with Crippen LogP contribution in [-0.4, -0.2) is 59.7 Å². The third-order valence-electron chi connectivity index (χ3n) is 4.72. The van der Waals surface area contributed by atoms with E-state index in [0.717, 1.165) is 12.1 Å². The van der Waals surface area contributed by atoms with Gasteiger partial charge in [-0.25, -0.2) is 17.8 Å². The summed E-state index contributed by atoms with van der Waals surface area (Å²) in [6.45, 7) is 0.650. The van der Waals surface area contributed by atoms with Crippen LogP contribution in [0.3, 0.4) is 0 Å². The van der Waals surface area contributed by atoms with E-state index in [0.29, 0.717) is 11.0 Å². The van der Waals surface area contributed by atoms with Gasteiger partial charge in [0.05, 0.1) is 27.1 Å². The lowest BCUT2D eigenvalue weighted by molar-refractivity contribution is 0.0692. The second kappa shape index (κ2) is 7.66. The summed E-state index contributed by atoms with van der Waals surface area (Å²) in [5.41, 5.74) is 1.52. The average Bonchev–Trinajstić information content (AvgIpc) is 2.74. The minimum Gasteiger partial charge on any atom is -0.335 e. The molecule has 0 unspecified atom stereocenters. The number of aromatic nitrogens is 2. The molecule has 29 heavy (non-hydrogen) atoms. The topological polar surface area (TPSA) is 83.5 Å². The SMILES string of the molecule is O=C(c1cnc2ccccc2n1)N1CCN(S(=O)(=O)c2ccc(F)c(Cl)c2)CC1. The molecule has 1 saturated heterocycles. The molecule has 4 rings (SSSR count). The van der Waals surface area contributed by atoms with Crippen molar-refractivity contribution in [2.45, 2.75) is 4.90 Å². The molecule has 7 nitrogen and oxygen atoms in total. The van der Waals surface area contributed by atoms with Crippen molar-refractivity contribution in [2.24, 2.45) is 0 Å². The quantitative estimate of drug-likeness (QED) is 0.632. The number of hydrogen-bond acceptors (Lipinski definition) is 5. The number of rotatable bonds is 3. The van der Waals surface area contributed by atoms with Crippen molar-refractivity contribution in [3.8, 4) is 0 Å². The van der Waals surface area contributed by atoms with Gasteiger partial charge in [0.2, 0.25) is 10.0 Å². The summed E-state index contributed by atoms with van der Waals surface area (Å²) in [5, 5.41) is -0.255. The van der Waals surface area contributed by atoms with E-state index in [2.05, 4.69) is 9.97 Å². The molecule has 2 heterocycles. The lowest BCUT2D eigenvalue weighted by Gasteiger charge is -2.33. The molecule has 0 N–H and O–H groups in total. The lowest BCUT2D eigenvalue weighted by atomic mass is 10.2. The van der Waals surface area contributed by atoms with Crippen molar-refractivity contribution >= 4 is 38.6 Å². The van der Waals surface area contributed by atoms with Crippen molar-refractivity contribution in [1.82, 2.24) is 19.2 Å². The lowest BCUT2D eigenvalue weighted by Crippen LogP contribution is -2.50. The van der Waals surface area contributed by atoms with Crippen molar-refractivity contribution in [2.75, 3.05) is 26.2 Å². The number of piperazine rings is 1. The molecule has 1 aliphatic rings. The highest BCUT2D eigenvalue weighted by molar-refractivity contribution is 7.89. The van der Waals surface area contributed by atoms with E-state index in [9.17, 15) is 17.6 Å². The summed E-state index contributed by atoms with van der Waals surface area (Å²) in [6.07, 6.45) is 1.42. The number of carbonyl (C=O) groups is 1. The highest BCUT2D eigenvalue weighted by atomic mass is 35.5. The number of para-hydroxylation sites is 2. The van der Waals surface area contributed by atoms with Crippen LogP contribution >= 0.6 is 11.6 Å². The van der Waals surface area contributed by atoms with Gasteiger partial charge in [-0.05, 0) is 30.3 Å². The smallest absolute Gasteiger partial charge is 0.274 e.